The second-order valence-corrected chi connectivity index (χ2v) is 19.7. The van der Waals surface area contributed by atoms with Crippen LogP contribution in [0, 0.1) is 60.6 Å². The minimum atomic E-state index is 0. The fourth-order valence-electron chi connectivity index (χ4n) is 8.36. The van der Waals surface area contributed by atoms with Gasteiger partial charge in [0.1, 0.15) is 17.1 Å². The summed E-state index contributed by atoms with van der Waals surface area (Å²) in [5.74, 6) is 2.59. The molecule has 0 N–H and O–H groups in total. The molecule has 0 amide bonds. The molecule has 12 nitrogen and oxygen atoms in total. The van der Waals surface area contributed by atoms with Crippen molar-refractivity contribution in [2.24, 2.45) is 0 Å². The summed E-state index contributed by atoms with van der Waals surface area (Å²) in [4.78, 5) is 18.9. The Balaban J connectivity index is 0.000000186. The van der Waals surface area contributed by atoms with Gasteiger partial charge in [-0.05, 0) is 124 Å². The molecule has 0 aliphatic carbocycles. The second kappa shape index (κ2) is 19.3. The van der Waals surface area contributed by atoms with Gasteiger partial charge < -0.3 is 18.9 Å². The number of aryl methyl sites for hydroxylation is 7. The van der Waals surface area contributed by atoms with E-state index < -0.39 is 0 Å². The van der Waals surface area contributed by atoms with Gasteiger partial charge in [-0.1, -0.05) is 65.3 Å². The predicted molar refractivity (Wildman–Crippen MR) is 272 cm³/mol. The fraction of sp³-hybridized carbons (Fsp3) is 0.263. The third-order valence-corrected chi connectivity index (χ3v) is 12.4. The summed E-state index contributed by atoms with van der Waals surface area (Å²) in [5, 5.41) is 8.97. The Morgan fingerprint density at radius 3 is 1.81 bits per heavy atom. The van der Waals surface area contributed by atoms with Gasteiger partial charge >= 0.3 is 21.1 Å². The van der Waals surface area contributed by atoms with E-state index in [9.17, 15) is 0 Å². The normalized spacial score (nSPS) is 11.7. The largest absolute Gasteiger partial charge is 2.00 e. The van der Waals surface area contributed by atoms with E-state index in [1.165, 1.54) is 11.1 Å². The molecule has 0 atom stereocenters. The van der Waals surface area contributed by atoms with E-state index in [4.69, 9.17) is 24.4 Å². The van der Waals surface area contributed by atoms with Crippen molar-refractivity contribution in [2.45, 2.75) is 101 Å². The third kappa shape index (κ3) is 10.1. The number of fused-ring (bicyclic) bond motifs is 2. The van der Waals surface area contributed by atoms with Gasteiger partial charge in [-0.2, -0.15) is 16.3 Å². The zero-order valence-corrected chi connectivity index (χ0v) is 44.3. The number of benzene rings is 2. The standard InChI is InChI=1S/C29H29N5O.C28H29N5O.Pt/c1-18-13-19(2)34(32-18)23-9-8-10-24(15-23)35-25-16-27(33-21(4)20(3)31-28(33)17-25)26-14-22(11-12-30-26)29(5,6)7;1-18-10-13-30-33(18)22-8-7-9-23(15-22)34-24-16-26(32-20(3)19(2)31-27(32)17-24)25-14-21(11-12-29-25)28(4,5)6;/h8-14,17H,1-7H3;7-17H,1-6H3;/q-2;;+2. The molecule has 0 radical (unpaired) electrons. The number of hydrogen-bond acceptors (Lipinski definition) is 8. The molecule has 8 aromatic heterocycles. The quantitative estimate of drug-likeness (QED) is 0.138. The molecular formula is C57H58N10O2Pt. The predicted octanol–water partition coefficient (Wildman–Crippen LogP) is 13.1. The van der Waals surface area contributed by atoms with E-state index in [0.717, 1.165) is 91.1 Å². The van der Waals surface area contributed by atoms with Gasteiger partial charge in [0.05, 0.1) is 39.8 Å². The van der Waals surface area contributed by atoms with Gasteiger partial charge in [-0.25, -0.2) is 14.6 Å². The van der Waals surface area contributed by atoms with Crippen molar-refractivity contribution in [3.63, 3.8) is 0 Å². The van der Waals surface area contributed by atoms with Crippen LogP contribution >= 0.6 is 0 Å². The Kier molecular flexibility index (Phi) is 13.6. The maximum Gasteiger partial charge on any atom is 2.00 e. The minimum absolute atomic E-state index is 0. The van der Waals surface area contributed by atoms with Crippen LogP contribution in [0.15, 0.2) is 116 Å². The van der Waals surface area contributed by atoms with Gasteiger partial charge in [-0.15, -0.1) is 24.3 Å². The summed E-state index contributed by atoms with van der Waals surface area (Å²) in [6.07, 6.45) is 5.53. The zero-order chi connectivity index (χ0) is 48.9. The zero-order valence-electron chi connectivity index (χ0n) is 42.1. The molecule has 0 fully saturated rings. The van der Waals surface area contributed by atoms with Crippen LogP contribution in [-0.2, 0) is 31.9 Å². The number of hydrogen-bond donors (Lipinski definition) is 0. The van der Waals surface area contributed by atoms with Crippen molar-refractivity contribution in [1.29, 1.82) is 0 Å². The Morgan fingerprint density at radius 2 is 1.17 bits per heavy atom. The third-order valence-electron chi connectivity index (χ3n) is 12.4. The first-order valence-corrected chi connectivity index (χ1v) is 23.2. The summed E-state index contributed by atoms with van der Waals surface area (Å²) >= 11 is 0. The van der Waals surface area contributed by atoms with Crippen molar-refractivity contribution in [2.75, 3.05) is 0 Å². The molecule has 0 unspecified atom stereocenters. The first-order chi connectivity index (χ1) is 32.8. The van der Waals surface area contributed by atoms with Gasteiger partial charge in [-0.3, -0.25) is 14.1 Å². The van der Waals surface area contributed by atoms with Crippen molar-refractivity contribution in [3.8, 4) is 57.1 Å². The van der Waals surface area contributed by atoms with Crippen LogP contribution < -0.4 is 9.47 Å². The maximum atomic E-state index is 6.35. The molecule has 0 aliphatic heterocycles. The van der Waals surface area contributed by atoms with Crippen LogP contribution in [0.25, 0.3) is 45.4 Å². The smallest absolute Gasteiger partial charge is 0.509 e. The van der Waals surface area contributed by atoms with Crippen LogP contribution in [-0.4, -0.2) is 48.3 Å². The van der Waals surface area contributed by atoms with E-state index in [0.29, 0.717) is 17.2 Å². The number of ether oxygens (including phenoxy) is 2. The van der Waals surface area contributed by atoms with E-state index in [1.54, 1.807) is 6.20 Å². The molecular weight excluding hydrogens is 1050 g/mol. The molecule has 70 heavy (non-hydrogen) atoms. The molecule has 358 valence electrons. The van der Waals surface area contributed by atoms with Crippen molar-refractivity contribution in [3.05, 3.63) is 179 Å². The van der Waals surface area contributed by atoms with Crippen LogP contribution in [0.1, 0.15) is 92.5 Å². The SMILES string of the molecule is Cc1cc(C)n(-c2[c-]c(Oc3[c-]c(-c4cc(C(C)(C)C)ccn4)n4c(C)c(C)nc4c3)ccc2)n1.Cc1nc2cc(Oc3cccc(-n4nccc4C)c3)cc(-c3cc(C(C)(C)C)ccn3)n2c1C.[Pt+2]. The number of rotatable bonds is 8. The molecule has 13 heteroatoms. The van der Waals surface area contributed by atoms with Crippen LogP contribution in [0.2, 0.25) is 0 Å². The molecule has 0 spiro atoms. The summed E-state index contributed by atoms with van der Waals surface area (Å²) in [5.41, 5.74) is 16.5. The van der Waals surface area contributed by atoms with Crippen LogP contribution in [0.5, 0.6) is 23.0 Å². The molecule has 0 saturated heterocycles. The Morgan fingerprint density at radius 1 is 0.529 bits per heavy atom. The summed E-state index contributed by atoms with van der Waals surface area (Å²) < 4.78 is 20.6. The summed E-state index contributed by atoms with van der Waals surface area (Å²) in [6.45, 7) is 27.4. The minimum Gasteiger partial charge on any atom is -0.509 e. The fourth-order valence-corrected chi connectivity index (χ4v) is 8.36. The average molecular weight is 1110 g/mol. The van der Waals surface area contributed by atoms with Crippen LogP contribution in [0.4, 0.5) is 0 Å². The van der Waals surface area contributed by atoms with E-state index in [1.807, 2.05) is 129 Å². The first kappa shape index (κ1) is 49.3. The number of imidazole rings is 2. The van der Waals surface area contributed by atoms with E-state index in [2.05, 4.69) is 116 Å². The Bertz CT molecular complexity index is 3530. The monoisotopic (exact) mass is 1110 g/mol. The number of nitrogens with zero attached hydrogens (tertiary/aromatic N) is 10. The molecule has 0 aliphatic rings. The first-order valence-electron chi connectivity index (χ1n) is 23.2. The van der Waals surface area contributed by atoms with Crippen LogP contribution in [0.3, 0.4) is 0 Å². The van der Waals surface area contributed by atoms with Gasteiger partial charge in [0.2, 0.25) is 0 Å². The molecule has 0 saturated carbocycles. The van der Waals surface area contributed by atoms with Crippen molar-refractivity contribution >= 4 is 11.3 Å². The molecule has 2 aromatic carbocycles. The molecule has 10 rings (SSSR count). The topological polar surface area (TPSA) is 114 Å². The molecule has 8 heterocycles. The summed E-state index contributed by atoms with van der Waals surface area (Å²) in [6, 6.07) is 38.9. The number of pyridine rings is 4. The average Bonchev–Trinajstić information content (AvgIpc) is 4.05. The van der Waals surface area contributed by atoms with Gasteiger partial charge in [0.25, 0.3) is 0 Å². The van der Waals surface area contributed by atoms with Crippen molar-refractivity contribution in [1.82, 2.24) is 48.3 Å². The Labute approximate surface area is 424 Å². The van der Waals surface area contributed by atoms with Crippen molar-refractivity contribution < 1.29 is 30.5 Å². The molecule has 0 bridgehead atoms. The van der Waals surface area contributed by atoms with E-state index in [-0.39, 0.29) is 31.9 Å². The molecule has 10 aromatic rings. The Hall–Kier alpha value is -7.17. The van der Waals surface area contributed by atoms with E-state index >= 15 is 0 Å². The second-order valence-electron chi connectivity index (χ2n) is 19.7. The number of aromatic nitrogens is 10. The summed E-state index contributed by atoms with van der Waals surface area (Å²) in [7, 11) is 0. The van der Waals surface area contributed by atoms with Gasteiger partial charge in [0.15, 0.2) is 0 Å². The van der Waals surface area contributed by atoms with Gasteiger partial charge in [0, 0.05) is 71.1 Å². The maximum absolute atomic E-state index is 6.35.